The van der Waals surface area contributed by atoms with Gasteiger partial charge in [0.15, 0.2) is 0 Å². The first-order chi connectivity index (χ1) is 10.8. The Morgan fingerprint density at radius 2 is 2.14 bits per heavy atom. The number of rotatable bonds is 4. The van der Waals surface area contributed by atoms with E-state index in [1.165, 1.54) is 24.0 Å². The number of benzene rings is 1. The molecule has 5 nitrogen and oxygen atoms in total. The number of ether oxygens (including phenoxy) is 1. The molecule has 0 bridgehead atoms. The van der Waals surface area contributed by atoms with Crippen molar-refractivity contribution in [2.75, 3.05) is 23.9 Å². The number of hydrogen-bond acceptors (Lipinski definition) is 5. The number of fused-ring (bicyclic) bond motifs is 1. The van der Waals surface area contributed by atoms with E-state index in [4.69, 9.17) is 4.74 Å². The van der Waals surface area contributed by atoms with Crippen LogP contribution in [-0.2, 0) is 13.0 Å². The zero-order valence-corrected chi connectivity index (χ0v) is 12.7. The zero-order valence-electron chi connectivity index (χ0n) is 12.7. The zero-order chi connectivity index (χ0) is 14.9. The maximum atomic E-state index is 5.31. The first-order valence-electron chi connectivity index (χ1n) is 7.82. The van der Waals surface area contributed by atoms with Gasteiger partial charge in [0.25, 0.3) is 0 Å². The highest BCUT2D eigenvalue weighted by Gasteiger charge is 2.23. The minimum atomic E-state index is 0.574. The number of methoxy groups -OCH3 is 1. The van der Waals surface area contributed by atoms with Gasteiger partial charge in [-0.05, 0) is 48.6 Å². The lowest BCUT2D eigenvalue weighted by Crippen LogP contribution is -2.31. The molecular weight excluding hydrogens is 276 g/mol. The van der Waals surface area contributed by atoms with E-state index in [9.17, 15) is 0 Å². The first kappa shape index (κ1) is 13.4. The number of nitrogens with one attached hydrogen (secondary N) is 1. The van der Waals surface area contributed by atoms with Crippen LogP contribution in [-0.4, -0.2) is 29.7 Å². The number of hydrogen-bond donors (Lipinski definition) is 1. The molecule has 1 saturated carbocycles. The summed E-state index contributed by atoms with van der Waals surface area (Å²) in [6.07, 6.45) is 5.32. The maximum Gasteiger partial charge on any atom is 0.224 e. The van der Waals surface area contributed by atoms with Gasteiger partial charge in [0, 0.05) is 25.3 Å². The van der Waals surface area contributed by atoms with Gasteiger partial charge in [0.05, 0.1) is 7.11 Å². The Bertz CT molecular complexity index is 684. The standard InChI is InChI=1S/C17H20N4O/c1-22-15-5-2-13-11-21(9-7-12(13)10-15)16-6-8-18-17(20-16)19-14-3-4-14/h2,5-6,8,10,14H,3-4,7,9,11H2,1H3,(H,18,19,20). The van der Waals surface area contributed by atoms with Gasteiger partial charge in [0.2, 0.25) is 5.95 Å². The molecule has 114 valence electrons. The van der Waals surface area contributed by atoms with E-state index in [-0.39, 0.29) is 0 Å². The predicted octanol–water partition coefficient (Wildman–Crippen LogP) is 2.62. The van der Waals surface area contributed by atoms with Crippen LogP contribution >= 0.6 is 0 Å². The Morgan fingerprint density at radius 3 is 2.95 bits per heavy atom. The molecule has 22 heavy (non-hydrogen) atoms. The number of anilines is 2. The Balaban J connectivity index is 1.53. The van der Waals surface area contributed by atoms with Crippen molar-refractivity contribution < 1.29 is 4.74 Å². The van der Waals surface area contributed by atoms with Gasteiger partial charge in [-0.15, -0.1) is 0 Å². The lowest BCUT2D eigenvalue weighted by molar-refractivity contribution is 0.413. The summed E-state index contributed by atoms with van der Waals surface area (Å²) in [5, 5.41) is 3.36. The summed E-state index contributed by atoms with van der Waals surface area (Å²) in [4.78, 5) is 11.3. The summed E-state index contributed by atoms with van der Waals surface area (Å²) >= 11 is 0. The van der Waals surface area contributed by atoms with Crippen LogP contribution in [0.4, 0.5) is 11.8 Å². The van der Waals surface area contributed by atoms with E-state index in [1.807, 2.05) is 18.3 Å². The Morgan fingerprint density at radius 1 is 1.23 bits per heavy atom. The molecule has 2 heterocycles. The average Bonchev–Trinajstić information content (AvgIpc) is 3.38. The van der Waals surface area contributed by atoms with Crippen LogP contribution < -0.4 is 15.0 Å². The second kappa shape index (κ2) is 5.48. The Hall–Kier alpha value is -2.30. The molecule has 0 spiro atoms. The van der Waals surface area contributed by atoms with E-state index < -0.39 is 0 Å². The van der Waals surface area contributed by atoms with Crippen molar-refractivity contribution in [3.63, 3.8) is 0 Å². The van der Waals surface area contributed by atoms with Crippen molar-refractivity contribution in [3.05, 3.63) is 41.6 Å². The minimum Gasteiger partial charge on any atom is -0.497 e. The normalized spacial score (nSPS) is 17.0. The quantitative estimate of drug-likeness (QED) is 0.940. The number of nitrogens with zero attached hydrogens (tertiary/aromatic N) is 3. The van der Waals surface area contributed by atoms with Crippen molar-refractivity contribution in [1.82, 2.24) is 9.97 Å². The first-order valence-corrected chi connectivity index (χ1v) is 7.82. The molecule has 1 fully saturated rings. The van der Waals surface area contributed by atoms with Crippen molar-refractivity contribution in [3.8, 4) is 5.75 Å². The topological polar surface area (TPSA) is 50.3 Å². The molecule has 1 aromatic carbocycles. The molecule has 1 aliphatic heterocycles. The third-order valence-electron chi connectivity index (χ3n) is 4.30. The summed E-state index contributed by atoms with van der Waals surface area (Å²) in [5.41, 5.74) is 2.73. The van der Waals surface area contributed by atoms with Gasteiger partial charge < -0.3 is 15.0 Å². The van der Waals surface area contributed by atoms with Crippen molar-refractivity contribution in [2.24, 2.45) is 0 Å². The van der Waals surface area contributed by atoms with Gasteiger partial charge in [-0.2, -0.15) is 4.98 Å². The Kier molecular flexibility index (Phi) is 3.33. The molecule has 4 rings (SSSR count). The molecule has 0 amide bonds. The SMILES string of the molecule is COc1ccc2c(c1)CCN(c1ccnc(NC3CC3)n1)C2. The van der Waals surface area contributed by atoms with Gasteiger partial charge >= 0.3 is 0 Å². The van der Waals surface area contributed by atoms with Crippen molar-refractivity contribution >= 4 is 11.8 Å². The molecule has 1 aromatic heterocycles. The van der Waals surface area contributed by atoms with Crippen LogP contribution in [0.15, 0.2) is 30.5 Å². The van der Waals surface area contributed by atoms with E-state index in [2.05, 4.69) is 32.3 Å². The minimum absolute atomic E-state index is 0.574. The van der Waals surface area contributed by atoms with Gasteiger partial charge in [0.1, 0.15) is 11.6 Å². The molecule has 0 saturated heterocycles. The summed E-state index contributed by atoms with van der Waals surface area (Å²) < 4.78 is 5.31. The molecule has 0 atom stereocenters. The summed E-state index contributed by atoms with van der Waals surface area (Å²) in [6, 6.07) is 8.90. The van der Waals surface area contributed by atoms with E-state index in [0.29, 0.717) is 6.04 Å². The molecule has 5 heteroatoms. The Labute approximate surface area is 130 Å². The lowest BCUT2D eigenvalue weighted by Gasteiger charge is -2.30. The lowest BCUT2D eigenvalue weighted by atomic mass is 9.99. The third-order valence-corrected chi connectivity index (χ3v) is 4.30. The summed E-state index contributed by atoms with van der Waals surface area (Å²) in [7, 11) is 1.71. The van der Waals surface area contributed by atoms with Crippen molar-refractivity contribution in [1.29, 1.82) is 0 Å². The monoisotopic (exact) mass is 296 g/mol. The van der Waals surface area contributed by atoms with Crippen molar-refractivity contribution in [2.45, 2.75) is 31.8 Å². The highest BCUT2D eigenvalue weighted by atomic mass is 16.5. The molecule has 1 N–H and O–H groups in total. The molecule has 1 aliphatic carbocycles. The second-order valence-electron chi connectivity index (χ2n) is 5.96. The van der Waals surface area contributed by atoms with Crippen LogP contribution in [0.1, 0.15) is 24.0 Å². The molecule has 2 aliphatic rings. The highest BCUT2D eigenvalue weighted by molar-refractivity contribution is 5.48. The predicted molar refractivity (Wildman–Crippen MR) is 86.4 cm³/mol. The fourth-order valence-corrected chi connectivity index (χ4v) is 2.86. The molecular formula is C17H20N4O. The van der Waals surface area contributed by atoms with Crippen LogP contribution in [0, 0.1) is 0 Å². The van der Waals surface area contributed by atoms with Gasteiger partial charge in [-0.25, -0.2) is 4.98 Å². The summed E-state index contributed by atoms with van der Waals surface area (Å²) in [5.74, 6) is 2.69. The van der Waals surface area contributed by atoms with E-state index >= 15 is 0 Å². The highest BCUT2D eigenvalue weighted by Crippen LogP contribution is 2.27. The smallest absolute Gasteiger partial charge is 0.224 e. The number of aromatic nitrogens is 2. The molecule has 0 radical (unpaired) electrons. The van der Waals surface area contributed by atoms with Gasteiger partial charge in [-0.3, -0.25) is 0 Å². The van der Waals surface area contributed by atoms with Crippen LogP contribution in [0.25, 0.3) is 0 Å². The third kappa shape index (κ3) is 2.71. The van der Waals surface area contributed by atoms with E-state index in [0.717, 1.165) is 37.0 Å². The van der Waals surface area contributed by atoms with Crippen LogP contribution in [0.5, 0.6) is 5.75 Å². The summed E-state index contributed by atoms with van der Waals surface area (Å²) in [6.45, 7) is 1.86. The van der Waals surface area contributed by atoms with Crippen LogP contribution in [0.2, 0.25) is 0 Å². The average molecular weight is 296 g/mol. The van der Waals surface area contributed by atoms with E-state index in [1.54, 1.807) is 7.11 Å². The van der Waals surface area contributed by atoms with Crippen LogP contribution in [0.3, 0.4) is 0 Å². The maximum absolute atomic E-state index is 5.31. The molecule has 2 aromatic rings. The second-order valence-corrected chi connectivity index (χ2v) is 5.96. The largest absolute Gasteiger partial charge is 0.497 e. The fourth-order valence-electron chi connectivity index (χ4n) is 2.86. The fraction of sp³-hybridized carbons (Fsp3) is 0.412. The molecule has 0 unspecified atom stereocenters. The van der Waals surface area contributed by atoms with Gasteiger partial charge in [-0.1, -0.05) is 6.07 Å².